The summed E-state index contributed by atoms with van der Waals surface area (Å²) in [7, 11) is 0. The van der Waals surface area contributed by atoms with Gasteiger partial charge < -0.3 is 10.1 Å². The van der Waals surface area contributed by atoms with Gasteiger partial charge in [-0.3, -0.25) is 4.68 Å². The highest BCUT2D eigenvalue weighted by molar-refractivity contribution is 4.83. The minimum atomic E-state index is 0.363. The SMILES string of the molecule is CCOCCN[C@H](C)[C@H](C)n1cccn1. The van der Waals surface area contributed by atoms with Crippen molar-refractivity contribution in [2.24, 2.45) is 0 Å². The van der Waals surface area contributed by atoms with E-state index < -0.39 is 0 Å². The summed E-state index contributed by atoms with van der Waals surface area (Å²) >= 11 is 0. The van der Waals surface area contributed by atoms with E-state index >= 15 is 0 Å². The molecule has 0 unspecified atom stereocenters. The van der Waals surface area contributed by atoms with Crippen LogP contribution in [0.25, 0.3) is 0 Å². The summed E-state index contributed by atoms with van der Waals surface area (Å²) in [5.41, 5.74) is 0. The third-order valence-corrected chi connectivity index (χ3v) is 2.58. The summed E-state index contributed by atoms with van der Waals surface area (Å²) in [6, 6.07) is 2.70. The van der Waals surface area contributed by atoms with Crippen molar-refractivity contribution in [1.82, 2.24) is 15.1 Å². The van der Waals surface area contributed by atoms with Gasteiger partial charge in [-0.05, 0) is 26.8 Å². The van der Waals surface area contributed by atoms with Crippen LogP contribution < -0.4 is 5.32 Å². The van der Waals surface area contributed by atoms with E-state index in [2.05, 4.69) is 24.3 Å². The van der Waals surface area contributed by atoms with E-state index in [0.29, 0.717) is 12.1 Å². The fourth-order valence-corrected chi connectivity index (χ4v) is 1.42. The summed E-state index contributed by atoms with van der Waals surface area (Å²) in [5.74, 6) is 0. The molecule has 0 aliphatic rings. The number of hydrogen-bond acceptors (Lipinski definition) is 3. The summed E-state index contributed by atoms with van der Waals surface area (Å²) in [4.78, 5) is 0. The molecule has 0 saturated carbocycles. The molecule has 0 fully saturated rings. The van der Waals surface area contributed by atoms with E-state index in [9.17, 15) is 0 Å². The summed E-state index contributed by atoms with van der Waals surface area (Å²) in [6.45, 7) is 8.78. The van der Waals surface area contributed by atoms with Gasteiger partial charge in [-0.25, -0.2) is 0 Å². The second-order valence-corrected chi connectivity index (χ2v) is 3.67. The zero-order valence-corrected chi connectivity index (χ0v) is 9.81. The molecule has 0 aromatic carbocycles. The van der Waals surface area contributed by atoms with Crippen molar-refractivity contribution in [3.05, 3.63) is 18.5 Å². The largest absolute Gasteiger partial charge is 0.380 e. The van der Waals surface area contributed by atoms with Gasteiger partial charge in [-0.2, -0.15) is 5.10 Å². The molecule has 0 radical (unpaired) electrons. The quantitative estimate of drug-likeness (QED) is 0.694. The van der Waals surface area contributed by atoms with E-state index in [-0.39, 0.29) is 0 Å². The minimum absolute atomic E-state index is 0.363. The van der Waals surface area contributed by atoms with Gasteiger partial charge in [0.15, 0.2) is 0 Å². The van der Waals surface area contributed by atoms with Crippen LogP contribution in [0.3, 0.4) is 0 Å². The lowest BCUT2D eigenvalue weighted by atomic mass is 10.2. The first-order chi connectivity index (χ1) is 7.25. The molecule has 0 amide bonds. The Morgan fingerprint density at radius 2 is 2.27 bits per heavy atom. The minimum Gasteiger partial charge on any atom is -0.380 e. The number of ether oxygens (including phenoxy) is 1. The first kappa shape index (κ1) is 12.2. The van der Waals surface area contributed by atoms with Crippen molar-refractivity contribution >= 4 is 0 Å². The van der Waals surface area contributed by atoms with Crippen molar-refractivity contribution in [2.45, 2.75) is 32.9 Å². The maximum absolute atomic E-state index is 5.27. The third kappa shape index (κ3) is 4.01. The Morgan fingerprint density at radius 1 is 1.47 bits per heavy atom. The molecular formula is C11H21N3O. The van der Waals surface area contributed by atoms with Gasteiger partial charge in [0.1, 0.15) is 0 Å². The van der Waals surface area contributed by atoms with Crippen LogP contribution >= 0.6 is 0 Å². The van der Waals surface area contributed by atoms with Gasteiger partial charge in [0.2, 0.25) is 0 Å². The molecule has 4 nitrogen and oxygen atoms in total. The fraction of sp³-hybridized carbons (Fsp3) is 0.727. The molecular weight excluding hydrogens is 190 g/mol. The average molecular weight is 211 g/mol. The third-order valence-electron chi connectivity index (χ3n) is 2.58. The Kier molecular flexibility index (Phi) is 5.36. The van der Waals surface area contributed by atoms with Crippen LogP contribution in [-0.4, -0.2) is 35.6 Å². The van der Waals surface area contributed by atoms with E-state index in [4.69, 9.17) is 4.74 Å². The molecule has 0 aliphatic heterocycles. The van der Waals surface area contributed by atoms with Crippen LogP contribution in [0, 0.1) is 0 Å². The fourth-order valence-electron chi connectivity index (χ4n) is 1.42. The molecule has 1 rings (SSSR count). The molecule has 2 atom stereocenters. The molecule has 1 aromatic rings. The molecule has 4 heteroatoms. The summed E-state index contributed by atoms with van der Waals surface area (Å²) < 4.78 is 7.24. The molecule has 0 aliphatic carbocycles. The van der Waals surface area contributed by atoms with Crippen molar-refractivity contribution in [3.8, 4) is 0 Å². The molecule has 0 spiro atoms. The average Bonchev–Trinajstić information content (AvgIpc) is 2.76. The lowest BCUT2D eigenvalue weighted by Gasteiger charge is -2.21. The number of nitrogens with one attached hydrogen (secondary N) is 1. The van der Waals surface area contributed by atoms with Crippen LogP contribution in [0.5, 0.6) is 0 Å². The topological polar surface area (TPSA) is 39.1 Å². The summed E-state index contributed by atoms with van der Waals surface area (Å²) in [5, 5.41) is 7.65. The highest BCUT2D eigenvalue weighted by Crippen LogP contribution is 2.08. The molecule has 15 heavy (non-hydrogen) atoms. The molecule has 0 saturated heterocycles. The highest BCUT2D eigenvalue weighted by atomic mass is 16.5. The van der Waals surface area contributed by atoms with Gasteiger partial charge >= 0.3 is 0 Å². The van der Waals surface area contributed by atoms with Gasteiger partial charge in [0.25, 0.3) is 0 Å². The molecule has 1 aromatic heterocycles. The molecule has 86 valence electrons. The number of rotatable bonds is 7. The Labute approximate surface area is 91.6 Å². The summed E-state index contributed by atoms with van der Waals surface area (Å²) in [6.07, 6.45) is 3.80. The van der Waals surface area contributed by atoms with Gasteiger partial charge in [-0.15, -0.1) is 0 Å². The van der Waals surface area contributed by atoms with Crippen molar-refractivity contribution < 1.29 is 4.74 Å². The van der Waals surface area contributed by atoms with Crippen molar-refractivity contribution in [2.75, 3.05) is 19.8 Å². The van der Waals surface area contributed by atoms with Crippen LogP contribution in [0.1, 0.15) is 26.8 Å². The van der Waals surface area contributed by atoms with Gasteiger partial charge in [0.05, 0.1) is 12.6 Å². The molecule has 0 bridgehead atoms. The normalized spacial score (nSPS) is 15.1. The van der Waals surface area contributed by atoms with Gasteiger partial charge in [-0.1, -0.05) is 0 Å². The number of hydrogen-bond donors (Lipinski definition) is 1. The van der Waals surface area contributed by atoms with Crippen LogP contribution in [0.15, 0.2) is 18.5 Å². The van der Waals surface area contributed by atoms with E-state index in [1.165, 1.54) is 0 Å². The van der Waals surface area contributed by atoms with Crippen LogP contribution in [0.2, 0.25) is 0 Å². The molecule has 1 N–H and O–H groups in total. The Morgan fingerprint density at radius 3 is 2.87 bits per heavy atom. The monoisotopic (exact) mass is 211 g/mol. The van der Waals surface area contributed by atoms with E-state index in [1.54, 1.807) is 0 Å². The lowest BCUT2D eigenvalue weighted by Crippen LogP contribution is -2.36. The lowest BCUT2D eigenvalue weighted by molar-refractivity contribution is 0.145. The van der Waals surface area contributed by atoms with Crippen molar-refractivity contribution in [1.29, 1.82) is 0 Å². The second kappa shape index (κ2) is 6.58. The van der Waals surface area contributed by atoms with Crippen LogP contribution in [0.4, 0.5) is 0 Å². The zero-order valence-electron chi connectivity index (χ0n) is 9.81. The Hall–Kier alpha value is -0.870. The van der Waals surface area contributed by atoms with Crippen LogP contribution in [-0.2, 0) is 4.74 Å². The second-order valence-electron chi connectivity index (χ2n) is 3.67. The first-order valence-corrected chi connectivity index (χ1v) is 5.56. The number of nitrogens with zero attached hydrogens (tertiary/aromatic N) is 2. The predicted molar refractivity (Wildman–Crippen MR) is 60.9 cm³/mol. The van der Waals surface area contributed by atoms with Gasteiger partial charge in [0, 0.05) is 31.6 Å². The predicted octanol–water partition coefficient (Wildman–Crippen LogP) is 1.46. The first-order valence-electron chi connectivity index (χ1n) is 5.56. The maximum atomic E-state index is 5.27. The number of aromatic nitrogens is 2. The van der Waals surface area contributed by atoms with E-state index in [1.807, 2.05) is 30.1 Å². The van der Waals surface area contributed by atoms with Crippen molar-refractivity contribution in [3.63, 3.8) is 0 Å². The standard InChI is InChI=1S/C11H21N3O/c1-4-15-9-7-12-10(2)11(3)14-8-5-6-13-14/h5-6,8,10-12H,4,7,9H2,1-3H3/t10-,11+/m1/s1. The Balaban J connectivity index is 2.24. The Bertz CT molecular complexity index is 248. The highest BCUT2D eigenvalue weighted by Gasteiger charge is 2.12. The maximum Gasteiger partial charge on any atom is 0.0641 e. The zero-order chi connectivity index (χ0) is 11.1. The van der Waals surface area contributed by atoms with E-state index in [0.717, 1.165) is 19.8 Å². The smallest absolute Gasteiger partial charge is 0.0641 e. The molecule has 1 heterocycles.